The number of hydrogen-bond acceptors (Lipinski definition) is 4. The van der Waals surface area contributed by atoms with Gasteiger partial charge >= 0.3 is 0 Å². The van der Waals surface area contributed by atoms with Crippen LogP contribution in [0.2, 0.25) is 5.02 Å². The molecule has 0 fully saturated rings. The molecule has 0 bridgehead atoms. The predicted molar refractivity (Wildman–Crippen MR) is 94.9 cm³/mol. The van der Waals surface area contributed by atoms with E-state index in [1.807, 2.05) is 0 Å². The molecule has 1 aromatic carbocycles. The van der Waals surface area contributed by atoms with Crippen LogP contribution in [0.5, 0.6) is 0 Å². The van der Waals surface area contributed by atoms with E-state index in [0.717, 1.165) is 0 Å². The number of aromatic nitrogens is 4. The molecule has 4 rings (SSSR count). The van der Waals surface area contributed by atoms with Gasteiger partial charge in [-0.2, -0.15) is 18.7 Å². The zero-order chi connectivity index (χ0) is 19.0. The van der Waals surface area contributed by atoms with Crippen LogP contribution in [0.1, 0.15) is 5.69 Å². The molecule has 0 spiro atoms. The lowest BCUT2D eigenvalue weighted by Gasteiger charge is -2.08. The Morgan fingerprint density at radius 1 is 0.926 bits per heavy atom. The average molecular weight is 390 g/mol. The molecule has 3 heterocycles. The van der Waals surface area contributed by atoms with Crippen LogP contribution >= 0.6 is 11.6 Å². The molecule has 1 N–H and O–H groups in total. The normalized spacial score (nSPS) is 11.1. The van der Waals surface area contributed by atoms with Crippen molar-refractivity contribution >= 4 is 23.2 Å². The average Bonchev–Trinajstić information content (AvgIpc) is 2.97. The third kappa shape index (κ3) is 3.56. The first kappa shape index (κ1) is 17.3. The van der Waals surface area contributed by atoms with Crippen molar-refractivity contribution in [3.05, 3.63) is 77.1 Å². The molecule has 0 amide bonds. The quantitative estimate of drug-likeness (QED) is 0.523. The number of halogens is 4. The summed E-state index contributed by atoms with van der Waals surface area (Å²) in [6.45, 7) is 0.108. The van der Waals surface area contributed by atoms with Crippen molar-refractivity contribution in [1.29, 1.82) is 0 Å². The molecule has 0 aliphatic carbocycles. The number of nitrogens with zero attached hydrogens (tertiary/aromatic N) is 4. The van der Waals surface area contributed by atoms with Gasteiger partial charge < -0.3 is 9.72 Å². The van der Waals surface area contributed by atoms with Crippen molar-refractivity contribution in [2.24, 2.45) is 0 Å². The minimum absolute atomic E-state index is 0.108. The number of fused-ring (bicyclic) bond motifs is 1. The van der Waals surface area contributed by atoms with Gasteiger partial charge in [0, 0.05) is 17.8 Å². The molecule has 0 aliphatic rings. The van der Waals surface area contributed by atoms with Gasteiger partial charge in [-0.1, -0.05) is 11.6 Å². The maximum absolute atomic E-state index is 13.3. The molecule has 9 heteroatoms. The van der Waals surface area contributed by atoms with Crippen molar-refractivity contribution in [2.45, 2.75) is 6.54 Å². The number of nitrogens with one attached hydrogen (secondary N) is 1. The smallest absolute Gasteiger partial charge is 0.228 e. The van der Waals surface area contributed by atoms with Crippen LogP contribution in [0.25, 0.3) is 16.9 Å². The molecule has 0 atom stereocenters. The van der Waals surface area contributed by atoms with E-state index in [9.17, 15) is 13.2 Å². The first-order valence-corrected chi connectivity index (χ1v) is 8.24. The van der Waals surface area contributed by atoms with Gasteiger partial charge in [0.2, 0.25) is 17.8 Å². The first-order chi connectivity index (χ1) is 13.0. The van der Waals surface area contributed by atoms with Crippen LogP contribution in [-0.2, 0) is 6.54 Å². The SMILES string of the molecule is Fc1ccc(-c2nc3ccc(Cl)cn3c2CNc2nc(F)cc(F)n2)cc1. The highest BCUT2D eigenvalue weighted by Crippen LogP contribution is 2.26. The second-order valence-corrected chi connectivity index (χ2v) is 6.12. The Morgan fingerprint density at radius 2 is 1.63 bits per heavy atom. The van der Waals surface area contributed by atoms with Crippen molar-refractivity contribution in [2.75, 3.05) is 5.32 Å². The van der Waals surface area contributed by atoms with E-state index in [4.69, 9.17) is 11.6 Å². The summed E-state index contributed by atoms with van der Waals surface area (Å²) in [7, 11) is 0. The molecule has 3 aromatic heterocycles. The lowest BCUT2D eigenvalue weighted by molar-refractivity contribution is 0.527. The van der Waals surface area contributed by atoms with Gasteiger partial charge in [0.15, 0.2) is 0 Å². The van der Waals surface area contributed by atoms with E-state index < -0.39 is 11.9 Å². The highest BCUT2D eigenvalue weighted by Gasteiger charge is 2.15. The van der Waals surface area contributed by atoms with Crippen molar-refractivity contribution in [1.82, 2.24) is 19.4 Å². The van der Waals surface area contributed by atoms with Crippen molar-refractivity contribution < 1.29 is 13.2 Å². The molecule has 0 unspecified atom stereocenters. The summed E-state index contributed by atoms with van der Waals surface area (Å²) in [6.07, 6.45) is 1.67. The minimum atomic E-state index is -0.982. The molecule has 0 aliphatic heterocycles. The van der Waals surface area contributed by atoms with E-state index in [0.29, 0.717) is 33.7 Å². The molecule has 4 aromatic rings. The molecule has 136 valence electrons. The van der Waals surface area contributed by atoms with E-state index in [2.05, 4.69) is 20.3 Å². The molecule has 27 heavy (non-hydrogen) atoms. The van der Waals surface area contributed by atoms with Gasteiger partial charge in [-0.15, -0.1) is 0 Å². The van der Waals surface area contributed by atoms with Crippen LogP contribution < -0.4 is 5.32 Å². The molecular formula is C18H11ClF3N5. The number of benzene rings is 1. The van der Waals surface area contributed by atoms with Crippen LogP contribution in [-0.4, -0.2) is 19.4 Å². The fourth-order valence-corrected chi connectivity index (χ4v) is 2.87. The topological polar surface area (TPSA) is 55.1 Å². The standard InChI is InChI=1S/C18H11ClF3N5/c19-11-3-6-16-26-17(10-1-4-12(20)5-2-10)13(27(16)9-11)8-23-18-24-14(21)7-15(22)25-18/h1-7,9H,8H2,(H,23,24,25). The first-order valence-electron chi connectivity index (χ1n) is 7.86. The summed E-state index contributed by atoms with van der Waals surface area (Å²) < 4.78 is 41.6. The van der Waals surface area contributed by atoms with Crippen LogP contribution in [0.4, 0.5) is 19.1 Å². The third-order valence-electron chi connectivity index (χ3n) is 3.88. The Bertz CT molecular complexity index is 1110. The Kier molecular flexibility index (Phi) is 4.41. The summed E-state index contributed by atoms with van der Waals surface area (Å²) in [4.78, 5) is 11.6. The van der Waals surface area contributed by atoms with E-state index in [1.54, 1.807) is 34.9 Å². The Morgan fingerprint density at radius 3 is 2.33 bits per heavy atom. The zero-order valence-corrected chi connectivity index (χ0v) is 14.4. The predicted octanol–water partition coefficient (Wildman–Crippen LogP) is 4.47. The summed E-state index contributed by atoms with van der Waals surface area (Å²) >= 11 is 6.08. The Labute approximate surface area is 156 Å². The second-order valence-electron chi connectivity index (χ2n) is 5.68. The number of hydrogen-bond donors (Lipinski definition) is 1. The number of anilines is 1. The highest BCUT2D eigenvalue weighted by molar-refractivity contribution is 6.30. The fraction of sp³-hybridized carbons (Fsp3) is 0.0556. The van der Waals surface area contributed by atoms with Gasteiger partial charge in [-0.3, -0.25) is 0 Å². The third-order valence-corrected chi connectivity index (χ3v) is 4.10. The van der Waals surface area contributed by atoms with Crippen LogP contribution in [0.15, 0.2) is 48.7 Å². The molecule has 0 radical (unpaired) electrons. The Balaban J connectivity index is 1.78. The second kappa shape index (κ2) is 6.88. The van der Waals surface area contributed by atoms with Crippen molar-refractivity contribution in [3.8, 4) is 11.3 Å². The van der Waals surface area contributed by atoms with E-state index >= 15 is 0 Å². The summed E-state index contributed by atoms with van der Waals surface area (Å²) in [5.41, 5.74) is 2.51. The summed E-state index contributed by atoms with van der Waals surface area (Å²) in [6, 6.07) is 9.87. The monoisotopic (exact) mass is 389 g/mol. The van der Waals surface area contributed by atoms with Gasteiger partial charge in [0.1, 0.15) is 11.5 Å². The van der Waals surface area contributed by atoms with E-state index in [-0.39, 0.29) is 18.3 Å². The van der Waals surface area contributed by atoms with Crippen LogP contribution in [0.3, 0.4) is 0 Å². The maximum atomic E-state index is 13.3. The summed E-state index contributed by atoms with van der Waals surface area (Å²) in [5, 5.41) is 3.27. The van der Waals surface area contributed by atoms with Gasteiger partial charge in [0.05, 0.1) is 23.0 Å². The lowest BCUT2D eigenvalue weighted by atomic mass is 10.1. The van der Waals surface area contributed by atoms with Gasteiger partial charge in [-0.25, -0.2) is 9.37 Å². The Hall–Kier alpha value is -3.13. The zero-order valence-electron chi connectivity index (χ0n) is 13.6. The summed E-state index contributed by atoms with van der Waals surface area (Å²) in [5.74, 6) is -2.53. The number of rotatable bonds is 4. The molecular weight excluding hydrogens is 379 g/mol. The fourth-order valence-electron chi connectivity index (χ4n) is 2.71. The number of imidazole rings is 1. The molecule has 0 saturated heterocycles. The minimum Gasteiger partial charge on any atom is -0.348 e. The molecule has 0 saturated carbocycles. The maximum Gasteiger partial charge on any atom is 0.228 e. The molecule has 5 nitrogen and oxygen atoms in total. The van der Waals surface area contributed by atoms with Crippen molar-refractivity contribution in [3.63, 3.8) is 0 Å². The van der Waals surface area contributed by atoms with E-state index in [1.165, 1.54) is 12.1 Å². The van der Waals surface area contributed by atoms with Crippen LogP contribution in [0, 0.1) is 17.7 Å². The highest BCUT2D eigenvalue weighted by atomic mass is 35.5. The largest absolute Gasteiger partial charge is 0.348 e. The number of pyridine rings is 1. The van der Waals surface area contributed by atoms with Gasteiger partial charge in [0.25, 0.3) is 0 Å². The lowest BCUT2D eigenvalue weighted by Crippen LogP contribution is -2.08. The van der Waals surface area contributed by atoms with Gasteiger partial charge in [-0.05, 0) is 36.4 Å².